The lowest BCUT2D eigenvalue weighted by molar-refractivity contribution is -0.0451. The number of H-pyrrole nitrogens is 1. The van der Waals surface area contributed by atoms with Crippen molar-refractivity contribution in [3.8, 4) is 11.8 Å². The van der Waals surface area contributed by atoms with E-state index in [1.165, 1.54) is 44.7 Å². The van der Waals surface area contributed by atoms with E-state index in [1.54, 1.807) is 0 Å². The summed E-state index contributed by atoms with van der Waals surface area (Å²) in [7, 11) is -4.72. The number of nitrogens with one attached hydrogen (secondary N) is 1. The minimum absolute atomic E-state index is 0.00768. The summed E-state index contributed by atoms with van der Waals surface area (Å²) in [6, 6.07) is 0. The highest BCUT2D eigenvalue weighted by Crippen LogP contribution is 2.38. The predicted octanol–water partition coefficient (Wildman–Crippen LogP) is 2.18. The molecule has 1 saturated heterocycles. The molecule has 0 spiro atoms. The normalized spacial score (nSPS) is 20.8. The minimum Gasteiger partial charge on any atom is -0.390 e. The second-order valence-electron chi connectivity index (χ2n) is 7.95. The third-order valence-electron chi connectivity index (χ3n) is 5.27. The van der Waals surface area contributed by atoms with Gasteiger partial charge in [-0.15, -0.1) is 0 Å². The molecule has 1 aliphatic rings. The molecule has 1 aromatic rings. The third kappa shape index (κ3) is 9.02. The van der Waals surface area contributed by atoms with Crippen LogP contribution < -0.4 is 11.2 Å². The topological polar surface area (TPSA) is 151 Å². The smallest absolute Gasteiger partial charge is 0.390 e. The van der Waals surface area contributed by atoms with E-state index in [2.05, 4.69) is 28.3 Å². The summed E-state index contributed by atoms with van der Waals surface area (Å²) in [5, 5.41) is 10.1. The second kappa shape index (κ2) is 13.1. The first-order valence-corrected chi connectivity index (χ1v) is 12.6. The molecule has 1 fully saturated rings. The SMILES string of the molecule is CCCCCCCCCCC#Cc1cn([C@H]2C[C@H](O)[C@@H](COP(=O)(O)O)O2)c(=O)[nH]c1=O. The van der Waals surface area contributed by atoms with Crippen LogP contribution in [0.1, 0.15) is 82.9 Å². The van der Waals surface area contributed by atoms with Crippen molar-refractivity contribution in [2.24, 2.45) is 0 Å². The summed E-state index contributed by atoms with van der Waals surface area (Å²) in [5.41, 5.74) is -1.22. The maximum atomic E-state index is 12.2. The highest BCUT2D eigenvalue weighted by Gasteiger charge is 2.37. The molecular weight excluding hydrogens is 439 g/mol. The van der Waals surface area contributed by atoms with Gasteiger partial charge >= 0.3 is 13.5 Å². The molecule has 0 saturated carbocycles. The van der Waals surface area contributed by atoms with E-state index in [1.807, 2.05) is 0 Å². The van der Waals surface area contributed by atoms with Crippen LogP contribution in [0.2, 0.25) is 0 Å². The Balaban J connectivity index is 1.91. The van der Waals surface area contributed by atoms with Crippen LogP contribution in [0.25, 0.3) is 0 Å². The average molecular weight is 472 g/mol. The number of rotatable bonds is 12. The maximum Gasteiger partial charge on any atom is 0.469 e. The summed E-state index contributed by atoms with van der Waals surface area (Å²) in [6.07, 6.45) is 8.38. The Bertz CT molecular complexity index is 942. The zero-order valence-electron chi connectivity index (χ0n) is 18.4. The first-order chi connectivity index (χ1) is 15.2. The molecule has 0 bridgehead atoms. The fourth-order valence-electron chi connectivity index (χ4n) is 3.50. The molecule has 0 amide bonds. The minimum atomic E-state index is -4.72. The zero-order valence-corrected chi connectivity index (χ0v) is 19.3. The predicted molar refractivity (Wildman–Crippen MR) is 118 cm³/mol. The van der Waals surface area contributed by atoms with Gasteiger partial charge in [-0.25, -0.2) is 9.36 Å². The Hall–Kier alpha value is -1.73. The number of aromatic amines is 1. The van der Waals surface area contributed by atoms with Gasteiger partial charge < -0.3 is 19.6 Å². The summed E-state index contributed by atoms with van der Waals surface area (Å²) >= 11 is 0. The lowest BCUT2D eigenvalue weighted by Gasteiger charge is -2.16. The summed E-state index contributed by atoms with van der Waals surface area (Å²) < 4.78 is 21.8. The van der Waals surface area contributed by atoms with Crippen LogP contribution in [-0.2, 0) is 13.8 Å². The van der Waals surface area contributed by atoms with Crippen LogP contribution in [0.4, 0.5) is 0 Å². The Morgan fingerprint density at radius 2 is 1.84 bits per heavy atom. The monoisotopic (exact) mass is 472 g/mol. The lowest BCUT2D eigenvalue weighted by atomic mass is 10.1. The number of phosphoric ester groups is 1. The van der Waals surface area contributed by atoms with Crippen LogP contribution >= 0.6 is 7.82 Å². The van der Waals surface area contributed by atoms with Gasteiger partial charge in [0.05, 0.1) is 12.7 Å². The molecule has 0 aliphatic carbocycles. The fourth-order valence-corrected chi connectivity index (χ4v) is 3.84. The number of aliphatic hydroxyl groups is 1. The number of phosphoric acid groups is 1. The van der Waals surface area contributed by atoms with E-state index in [4.69, 9.17) is 14.5 Å². The van der Waals surface area contributed by atoms with Gasteiger partial charge in [-0.1, -0.05) is 63.7 Å². The van der Waals surface area contributed by atoms with Crippen molar-refractivity contribution < 1.29 is 28.7 Å². The van der Waals surface area contributed by atoms with Crippen molar-refractivity contribution in [3.63, 3.8) is 0 Å². The van der Waals surface area contributed by atoms with Gasteiger partial charge in [-0.05, 0) is 6.42 Å². The molecule has 10 nitrogen and oxygen atoms in total. The molecule has 1 aromatic heterocycles. The van der Waals surface area contributed by atoms with Crippen molar-refractivity contribution in [1.82, 2.24) is 9.55 Å². The van der Waals surface area contributed by atoms with Crippen molar-refractivity contribution in [1.29, 1.82) is 0 Å². The van der Waals surface area contributed by atoms with E-state index < -0.39 is 44.1 Å². The maximum absolute atomic E-state index is 12.2. The number of aliphatic hydroxyl groups excluding tert-OH is 1. The quantitative estimate of drug-likeness (QED) is 0.205. The molecule has 11 heteroatoms. The van der Waals surface area contributed by atoms with Gasteiger partial charge in [0.15, 0.2) is 0 Å². The number of ether oxygens (including phenoxy) is 1. The van der Waals surface area contributed by atoms with E-state index in [0.29, 0.717) is 6.42 Å². The molecule has 0 aromatic carbocycles. The van der Waals surface area contributed by atoms with Gasteiger partial charge in [0.2, 0.25) is 0 Å². The molecule has 0 radical (unpaired) electrons. The lowest BCUT2D eigenvalue weighted by Crippen LogP contribution is -2.33. The molecular formula is C21H33N2O8P. The third-order valence-corrected chi connectivity index (χ3v) is 5.75. The van der Waals surface area contributed by atoms with Crippen molar-refractivity contribution in [2.75, 3.05) is 6.61 Å². The van der Waals surface area contributed by atoms with Crippen LogP contribution in [0.15, 0.2) is 15.8 Å². The molecule has 3 atom stereocenters. The number of hydrogen-bond acceptors (Lipinski definition) is 6. The summed E-state index contributed by atoms with van der Waals surface area (Å²) in [6.45, 7) is 1.66. The van der Waals surface area contributed by atoms with Crippen LogP contribution in [0, 0.1) is 11.8 Å². The Kier molecular flexibility index (Phi) is 10.9. The summed E-state index contributed by atoms with van der Waals surface area (Å²) in [5.74, 6) is 5.75. The molecule has 2 heterocycles. The first kappa shape index (κ1) is 26.5. The van der Waals surface area contributed by atoms with Crippen LogP contribution in [0.3, 0.4) is 0 Å². The number of nitrogens with zero attached hydrogens (tertiary/aromatic N) is 1. The van der Waals surface area contributed by atoms with Gasteiger partial charge in [0.25, 0.3) is 5.56 Å². The highest BCUT2D eigenvalue weighted by molar-refractivity contribution is 7.46. The number of unbranched alkanes of at least 4 members (excludes halogenated alkanes) is 8. The average Bonchev–Trinajstić information content (AvgIpc) is 3.09. The number of aromatic nitrogens is 2. The highest BCUT2D eigenvalue weighted by atomic mass is 31.2. The van der Waals surface area contributed by atoms with E-state index >= 15 is 0 Å². The van der Waals surface area contributed by atoms with Crippen LogP contribution in [0.5, 0.6) is 0 Å². The molecule has 0 unspecified atom stereocenters. The Morgan fingerprint density at radius 3 is 2.50 bits per heavy atom. The van der Waals surface area contributed by atoms with Gasteiger partial charge in [-0.2, -0.15) is 0 Å². The van der Waals surface area contributed by atoms with Crippen molar-refractivity contribution in [3.05, 3.63) is 32.6 Å². The molecule has 32 heavy (non-hydrogen) atoms. The summed E-state index contributed by atoms with van der Waals surface area (Å²) in [4.78, 5) is 44.0. The Labute approximate surface area is 187 Å². The number of hydrogen-bond donors (Lipinski definition) is 4. The Morgan fingerprint density at radius 1 is 1.19 bits per heavy atom. The largest absolute Gasteiger partial charge is 0.469 e. The molecule has 2 rings (SSSR count). The van der Waals surface area contributed by atoms with Gasteiger partial charge in [0.1, 0.15) is 17.9 Å². The van der Waals surface area contributed by atoms with E-state index in [9.17, 15) is 19.3 Å². The van der Waals surface area contributed by atoms with E-state index in [-0.39, 0.29) is 12.0 Å². The zero-order chi connectivity index (χ0) is 23.6. The molecule has 4 N–H and O–H groups in total. The van der Waals surface area contributed by atoms with Crippen molar-refractivity contribution in [2.45, 2.75) is 89.6 Å². The van der Waals surface area contributed by atoms with Crippen molar-refractivity contribution >= 4 is 7.82 Å². The standard InChI is InChI=1S/C21H33N2O8P/c1-2-3-4-5-6-7-8-9-10-11-12-16-14-23(21(26)22-20(16)25)19-13-17(24)18(31-19)15-30-32(27,28)29/h14,17-19,24H,2-10,13,15H2,1H3,(H,22,25,26)(H2,27,28,29)/t17-,18+,19+/m0/s1. The molecule has 1 aliphatic heterocycles. The van der Waals surface area contributed by atoms with Gasteiger partial charge in [0, 0.05) is 19.0 Å². The fraction of sp³-hybridized carbons (Fsp3) is 0.714. The van der Waals surface area contributed by atoms with Crippen LogP contribution in [-0.4, -0.2) is 43.3 Å². The second-order valence-corrected chi connectivity index (χ2v) is 9.19. The first-order valence-electron chi connectivity index (χ1n) is 11.1. The molecule has 180 valence electrons. The van der Waals surface area contributed by atoms with Gasteiger partial charge in [-0.3, -0.25) is 18.9 Å². The van der Waals surface area contributed by atoms with E-state index in [0.717, 1.165) is 17.4 Å².